The Labute approximate surface area is 70.2 Å². The van der Waals surface area contributed by atoms with Crippen molar-refractivity contribution in [3.8, 4) is 0 Å². The second kappa shape index (κ2) is 2.39. The highest BCUT2D eigenvalue weighted by atomic mass is 19.3. The molecule has 2 aliphatic heterocycles. The van der Waals surface area contributed by atoms with Gasteiger partial charge in [-0.2, -0.15) is 0 Å². The van der Waals surface area contributed by atoms with Crippen LogP contribution in [0.4, 0.5) is 8.78 Å². The number of aliphatic hydroxyl groups is 1. The van der Waals surface area contributed by atoms with Gasteiger partial charge in [0, 0.05) is 6.42 Å². The number of halogens is 2. The lowest BCUT2D eigenvalue weighted by Crippen LogP contribution is -2.41. The van der Waals surface area contributed by atoms with Gasteiger partial charge in [0.05, 0.1) is 18.7 Å². The predicted octanol–water partition coefficient (Wildman–Crippen LogP) is 0.852. The quantitative estimate of drug-likeness (QED) is 0.642. The van der Waals surface area contributed by atoms with Crippen LogP contribution in [0.1, 0.15) is 19.3 Å². The van der Waals surface area contributed by atoms with E-state index >= 15 is 0 Å². The van der Waals surface area contributed by atoms with Gasteiger partial charge in [-0.05, 0) is 19.4 Å². The summed E-state index contributed by atoms with van der Waals surface area (Å²) < 4.78 is 25.9. The molecule has 2 heterocycles. The Balaban J connectivity index is 2.20. The van der Waals surface area contributed by atoms with Crippen molar-refractivity contribution in [1.82, 2.24) is 4.90 Å². The fraction of sp³-hybridized carbons (Fsp3) is 1.00. The molecule has 0 radical (unpaired) electrons. The van der Waals surface area contributed by atoms with Gasteiger partial charge in [0.15, 0.2) is 0 Å². The molecule has 2 aliphatic rings. The molecule has 0 unspecified atom stereocenters. The van der Waals surface area contributed by atoms with E-state index in [0.29, 0.717) is 0 Å². The van der Waals surface area contributed by atoms with Gasteiger partial charge < -0.3 is 5.11 Å². The van der Waals surface area contributed by atoms with Crippen LogP contribution < -0.4 is 0 Å². The maximum atomic E-state index is 12.9. The van der Waals surface area contributed by atoms with Gasteiger partial charge in [-0.25, -0.2) is 8.78 Å². The van der Waals surface area contributed by atoms with E-state index in [0.717, 1.165) is 19.4 Å². The smallest absolute Gasteiger partial charge is 0.262 e. The fourth-order valence-electron chi connectivity index (χ4n) is 2.49. The summed E-state index contributed by atoms with van der Waals surface area (Å²) in [6.07, 6.45) is 1.51. The molecule has 0 spiro atoms. The van der Waals surface area contributed by atoms with Crippen molar-refractivity contribution < 1.29 is 13.9 Å². The van der Waals surface area contributed by atoms with Crippen molar-refractivity contribution in [2.75, 3.05) is 19.7 Å². The largest absolute Gasteiger partial charge is 0.394 e. The molecule has 0 saturated carbocycles. The molecule has 2 rings (SSSR count). The number of hydrogen-bond acceptors (Lipinski definition) is 2. The second-order valence-electron chi connectivity index (χ2n) is 3.94. The normalized spacial score (nSPS) is 40.2. The minimum Gasteiger partial charge on any atom is -0.394 e. The molecule has 12 heavy (non-hydrogen) atoms. The lowest BCUT2D eigenvalue weighted by Gasteiger charge is -2.28. The Morgan fingerprint density at radius 1 is 1.42 bits per heavy atom. The first-order valence-corrected chi connectivity index (χ1v) is 4.32. The maximum absolute atomic E-state index is 12.9. The van der Waals surface area contributed by atoms with E-state index in [1.165, 1.54) is 0 Å². The number of alkyl halides is 2. The van der Waals surface area contributed by atoms with Gasteiger partial charge in [0.2, 0.25) is 0 Å². The first-order chi connectivity index (χ1) is 5.58. The van der Waals surface area contributed by atoms with Crippen molar-refractivity contribution in [2.24, 2.45) is 0 Å². The Hall–Kier alpha value is -0.220. The maximum Gasteiger partial charge on any atom is 0.262 e. The molecule has 0 amide bonds. The summed E-state index contributed by atoms with van der Waals surface area (Å²) in [5, 5.41) is 9.08. The monoisotopic (exact) mass is 177 g/mol. The minimum absolute atomic E-state index is 0.122. The molecule has 2 nitrogen and oxygen atoms in total. The third kappa shape index (κ3) is 1.05. The van der Waals surface area contributed by atoms with E-state index in [-0.39, 0.29) is 19.6 Å². The van der Waals surface area contributed by atoms with E-state index in [4.69, 9.17) is 5.11 Å². The molecule has 1 N–H and O–H groups in total. The third-order valence-electron chi connectivity index (χ3n) is 3.05. The van der Waals surface area contributed by atoms with E-state index in [1.807, 2.05) is 0 Å². The highest BCUT2D eigenvalue weighted by molar-refractivity contribution is 5.05. The van der Waals surface area contributed by atoms with Crippen molar-refractivity contribution in [2.45, 2.75) is 30.7 Å². The Morgan fingerprint density at radius 3 is 2.75 bits per heavy atom. The van der Waals surface area contributed by atoms with Gasteiger partial charge in [-0.3, -0.25) is 4.90 Å². The number of hydrogen-bond donors (Lipinski definition) is 1. The number of nitrogens with zero attached hydrogens (tertiary/aromatic N) is 1. The summed E-state index contributed by atoms with van der Waals surface area (Å²) in [5.41, 5.74) is -0.580. The standard InChI is InChI=1S/C8H13F2NO/c9-8(10)4-7(6-12)2-1-3-11(7)5-8/h12H,1-6H2/t7-/m1/s1. The molecule has 0 aromatic rings. The molecule has 1 atom stereocenters. The average Bonchev–Trinajstić information content (AvgIpc) is 2.40. The van der Waals surface area contributed by atoms with Crippen LogP contribution in [0, 0.1) is 0 Å². The van der Waals surface area contributed by atoms with Crippen LogP contribution in [0.5, 0.6) is 0 Å². The first-order valence-electron chi connectivity index (χ1n) is 4.32. The van der Waals surface area contributed by atoms with Crippen LogP contribution in [0.15, 0.2) is 0 Å². The molecular weight excluding hydrogens is 164 g/mol. The summed E-state index contributed by atoms with van der Waals surface area (Å²) in [7, 11) is 0. The lowest BCUT2D eigenvalue weighted by molar-refractivity contribution is 0.00767. The third-order valence-corrected chi connectivity index (χ3v) is 3.05. The summed E-state index contributed by atoms with van der Waals surface area (Å²) in [5.74, 6) is -2.58. The van der Waals surface area contributed by atoms with Gasteiger partial charge in [-0.1, -0.05) is 0 Å². The Morgan fingerprint density at radius 2 is 2.17 bits per heavy atom. The van der Waals surface area contributed by atoms with Crippen LogP contribution in [-0.4, -0.2) is 41.2 Å². The van der Waals surface area contributed by atoms with Crippen molar-refractivity contribution in [3.63, 3.8) is 0 Å². The molecule has 0 aliphatic carbocycles. The van der Waals surface area contributed by atoms with Crippen LogP contribution >= 0.6 is 0 Å². The van der Waals surface area contributed by atoms with Crippen LogP contribution in [0.25, 0.3) is 0 Å². The molecule has 0 bridgehead atoms. The first kappa shape index (κ1) is 8.38. The van der Waals surface area contributed by atoms with Gasteiger partial charge in [-0.15, -0.1) is 0 Å². The Kier molecular flexibility index (Phi) is 1.67. The molecular formula is C8H13F2NO. The van der Waals surface area contributed by atoms with E-state index in [2.05, 4.69) is 0 Å². The summed E-state index contributed by atoms with van der Waals surface area (Å²) in [6, 6.07) is 0. The SMILES string of the molecule is OC[C@]12CCCN1CC(F)(F)C2. The summed E-state index contributed by atoms with van der Waals surface area (Å²) in [6.45, 7) is 0.437. The van der Waals surface area contributed by atoms with Gasteiger partial charge >= 0.3 is 0 Å². The molecule has 0 aromatic heterocycles. The highest BCUT2D eigenvalue weighted by Crippen LogP contribution is 2.45. The molecule has 2 saturated heterocycles. The number of aliphatic hydroxyl groups excluding tert-OH is 1. The van der Waals surface area contributed by atoms with Gasteiger partial charge in [0.1, 0.15) is 0 Å². The second-order valence-corrected chi connectivity index (χ2v) is 3.94. The average molecular weight is 177 g/mol. The van der Waals surface area contributed by atoms with Gasteiger partial charge in [0.25, 0.3) is 5.92 Å². The van der Waals surface area contributed by atoms with Crippen molar-refractivity contribution in [3.05, 3.63) is 0 Å². The minimum atomic E-state index is -2.58. The van der Waals surface area contributed by atoms with Crippen LogP contribution in [0.2, 0.25) is 0 Å². The molecule has 4 heteroatoms. The highest BCUT2D eigenvalue weighted by Gasteiger charge is 2.56. The Bertz CT molecular complexity index is 197. The fourth-order valence-corrected chi connectivity index (χ4v) is 2.49. The zero-order valence-corrected chi connectivity index (χ0v) is 6.89. The molecule has 2 fully saturated rings. The zero-order chi connectivity index (χ0) is 8.82. The summed E-state index contributed by atoms with van der Waals surface area (Å²) >= 11 is 0. The van der Waals surface area contributed by atoms with Crippen LogP contribution in [-0.2, 0) is 0 Å². The van der Waals surface area contributed by atoms with E-state index < -0.39 is 11.5 Å². The van der Waals surface area contributed by atoms with E-state index in [9.17, 15) is 8.78 Å². The van der Waals surface area contributed by atoms with Crippen molar-refractivity contribution >= 4 is 0 Å². The summed E-state index contributed by atoms with van der Waals surface area (Å²) in [4.78, 5) is 1.74. The number of fused-ring (bicyclic) bond motifs is 1. The molecule has 0 aromatic carbocycles. The van der Waals surface area contributed by atoms with Crippen molar-refractivity contribution in [1.29, 1.82) is 0 Å². The number of rotatable bonds is 1. The zero-order valence-electron chi connectivity index (χ0n) is 6.89. The molecule has 70 valence electrons. The lowest BCUT2D eigenvalue weighted by atomic mass is 9.94. The van der Waals surface area contributed by atoms with Crippen LogP contribution in [0.3, 0.4) is 0 Å². The topological polar surface area (TPSA) is 23.5 Å². The predicted molar refractivity (Wildman–Crippen MR) is 40.2 cm³/mol. The van der Waals surface area contributed by atoms with E-state index in [1.54, 1.807) is 4.90 Å².